The van der Waals surface area contributed by atoms with Crippen LogP contribution in [0.25, 0.3) is 0 Å². The highest BCUT2D eigenvalue weighted by atomic mass is 31.2. The lowest BCUT2D eigenvalue weighted by atomic mass is 10.00. The zero-order chi connectivity index (χ0) is 63.1. The molecule has 0 aromatic rings. The molecule has 0 saturated carbocycles. The molecule has 0 amide bonds. The lowest BCUT2D eigenvalue weighted by Gasteiger charge is -2.21. The Hall–Kier alpha value is -2.46. The summed E-state index contributed by atoms with van der Waals surface area (Å²) in [6.07, 6.45) is 41.4. The highest BCUT2D eigenvalue weighted by Crippen LogP contribution is 2.45. The predicted molar refractivity (Wildman–Crippen MR) is 340 cm³/mol. The highest BCUT2D eigenvalue weighted by molar-refractivity contribution is 7.47. The third-order valence-electron chi connectivity index (χ3n) is 14.9. The fourth-order valence-electron chi connectivity index (χ4n) is 9.26. The number of allylic oxidation sites excluding steroid dienone is 4. The van der Waals surface area contributed by atoms with Gasteiger partial charge in [-0.05, 0) is 69.1 Å². The Morgan fingerprint density at radius 3 is 1.05 bits per heavy atom. The topological polar surface area (TPSA) is 237 Å². The Labute approximate surface area is 516 Å². The quantitative estimate of drug-likeness (QED) is 0.0169. The zero-order valence-electron chi connectivity index (χ0n) is 54.5. The maximum atomic E-state index is 13.0. The van der Waals surface area contributed by atoms with Crippen molar-refractivity contribution in [3.8, 4) is 0 Å². The first kappa shape index (κ1) is 82.5. The van der Waals surface area contributed by atoms with E-state index in [0.717, 1.165) is 121 Å². The van der Waals surface area contributed by atoms with Gasteiger partial charge in [-0.25, -0.2) is 9.13 Å². The summed E-state index contributed by atoms with van der Waals surface area (Å²) in [7, 11) is -9.90. The van der Waals surface area contributed by atoms with Crippen molar-refractivity contribution < 1.29 is 80.2 Å². The molecule has 3 unspecified atom stereocenters. The van der Waals surface area contributed by atoms with Crippen molar-refractivity contribution in [2.45, 2.75) is 317 Å². The number of unbranched alkanes of at least 4 members (excludes halogenated alkanes) is 26. The summed E-state index contributed by atoms with van der Waals surface area (Å²) in [5, 5.41) is 10.5. The third-order valence-corrected chi connectivity index (χ3v) is 16.8. The van der Waals surface area contributed by atoms with Crippen LogP contribution in [0.4, 0.5) is 0 Å². The second kappa shape index (κ2) is 56.8. The van der Waals surface area contributed by atoms with Gasteiger partial charge < -0.3 is 33.8 Å². The number of phosphoric acid groups is 2. The number of carbonyl (C=O) groups is 4. The minimum absolute atomic E-state index is 0.0968. The highest BCUT2D eigenvalue weighted by Gasteiger charge is 2.30. The molecule has 0 aliphatic heterocycles. The molecular weight excluding hydrogens is 1130 g/mol. The smallest absolute Gasteiger partial charge is 0.462 e. The summed E-state index contributed by atoms with van der Waals surface area (Å²) >= 11 is 0. The first-order chi connectivity index (χ1) is 40.8. The molecule has 0 bridgehead atoms. The SMILES string of the molecule is CCCCCC/C=C\C=C/CCCCCCCC(=O)OC[C@H](COP(=O)(O)OC[C@@H](O)COP(=O)(O)OC[C@@H](COC(=O)CCCCCCCCC(C)C)OC(=O)CCCCCCCCC(C)CC)OC(=O)CCCCCCCCCCC(C)C. The Balaban J connectivity index is 5.27. The Morgan fingerprint density at radius 2 is 0.694 bits per heavy atom. The molecule has 85 heavy (non-hydrogen) atoms. The summed E-state index contributed by atoms with van der Waals surface area (Å²) in [6, 6.07) is 0. The molecule has 17 nitrogen and oxygen atoms in total. The van der Waals surface area contributed by atoms with E-state index < -0.39 is 97.5 Å². The first-order valence-electron chi connectivity index (χ1n) is 33.7. The maximum Gasteiger partial charge on any atom is 0.472 e. The number of phosphoric ester groups is 2. The van der Waals surface area contributed by atoms with Gasteiger partial charge in [0.15, 0.2) is 12.2 Å². The van der Waals surface area contributed by atoms with Gasteiger partial charge >= 0.3 is 39.5 Å². The van der Waals surface area contributed by atoms with E-state index in [1.54, 1.807) is 0 Å². The number of hydrogen-bond donors (Lipinski definition) is 3. The molecule has 0 aromatic carbocycles. The van der Waals surface area contributed by atoms with E-state index in [4.69, 9.17) is 37.0 Å². The van der Waals surface area contributed by atoms with E-state index in [9.17, 15) is 43.2 Å². The van der Waals surface area contributed by atoms with Crippen molar-refractivity contribution in [3.63, 3.8) is 0 Å². The summed E-state index contributed by atoms with van der Waals surface area (Å²) in [6.45, 7) is 11.6. The van der Waals surface area contributed by atoms with Gasteiger partial charge in [0.05, 0.1) is 26.4 Å². The van der Waals surface area contributed by atoms with Gasteiger partial charge in [0.2, 0.25) is 0 Å². The monoisotopic (exact) mass is 1250 g/mol. The molecule has 3 N–H and O–H groups in total. The molecule has 0 fully saturated rings. The van der Waals surface area contributed by atoms with Gasteiger partial charge in [-0.15, -0.1) is 0 Å². The largest absolute Gasteiger partial charge is 0.472 e. The van der Waals surface area contributed by atoms with Crippen LogP contribution in [0.5, 0.6) is 0 Å². The van der Waals surface area contributed by atoms with Crippen LogP contribution in [-0.2, 0) is 65.4 Å². The second-order valence-corrected chi connectivity index (χ2v) is 27.3. The van der Waals surface area contributed by atoms with Crippen LogP contribution in [0, 0.1) is 17.8 Å². The molecule has 19 heteroatoms. The number of esters is 4. The number of aliphatic hydroxyl groups is 1. The number of carbonyl (C=O) groups excluding carboxylic acids is 4. The number of hydrogen-bond acceptors (Lipinski definition) is 15. The van der Waals surface area contributed by atoms with Crippen LogP contribution in [0.1, 0.15) is 299 Å². The molecule has 500 valence electrons. The average Bonchev–Trinajstić information content (AvgIpc) is 3.51. The van der Waals surface area contributed by atoms with Crippen LogP contribution < -0.4 is 0 Å². The molecule has 0 aliphatic carbocycles. The van der Waals surface area contributed by atoms with Gasteiger partial charge in [-0.2, -0.15) is 0 Å². The number of rotatable bonds is 62. The molecule has 0 aromatic heterocycles. The summed E-state index contributed by atoms with van der Waals surface area (Å²) in [4.78, 5) is 72.2. The van der Waals surface area contributed by atoms with E-state index in [0.29, 0.717) is 37.5 Å². The normalized spacial score (nSPS) is 14.8. The lowest BCUT2D eigenvalue weighted by molar-refractivity contribution is -0.161. The van der Waals surface area contributed by atoms with Gasteiger partial charge in [0.1, 0.15) is 19.3 Å². The molecular formula is C66H124O17P2. The maximum absolute atomic E-state index is 13.0. The summed E-state index contributed by atoms with van der Waals surface area (Å²) in [5.41, 5.74) is 0. The Kier molecular flexibility index (Phi) is 55.1. The van der Waals surface area contributed by atoms with Crippen molar-refractivity contribution in [1.29, 1.82) is 0 Å². The van der Waals surface area contributed by atoms with Gasteiger partial charge in [-0.3, -0.25) is 37.3 Å². The average molecular weight is 1250 g/mol. The van der Waals surface area contributed by atoms with Crippen molar-refractivity contribution >= 4 is 39.5 Å². The minimum Gasteiger partial charge on any atom is -0.462 e. The van der Waals surface area contributed by atoms with Crippen LogP contribution in [-0.4, -0.2) is 96.7 Å². The van der Waals surface area contributed by atoms with Crippen LogP contribution in [0.3, 0.4) is 0 Å². The molecule has 6 atom stereocenters. The molecule has 0 spiro atoms. The van der Waals surface area contributed by atoms with Gasteiger partial charge in [0, 0.05) is 25.7 Å². The van der Waals surface area contributed by atoms with Crippen molar-refractivity contribution in [1.82, 2.24) is 0 Å². The van der Waals surface area contributed by atoms with E-state index in [1.165, 1.54) is 83.5 Å². The fourth-order valence-corrected chi connectivity index (χ4v) is 10.8. The van der Waals surface area contributed by atoms with Crippen LogP contribution in [0.2, 0.25) is 0 Å². The fraction of sp³-hybridized carbons (Fsp3) is 0.879. The summed E-state index contributed by atoms with van der Waals surface area (Å²) in [5.74, 6) is -0.0583. The molecule has 0 saturated heterocycles. The van der Waals surface area contributed by atoms with Crippen molar-refractivity contribution in [2.24, 2.45) is 17.8 Å². The standard InChI is InChI=1S/C66H124O17P2/c1-8-10-11-12-13-14-15-16-17-18-19-20-24-33-40-47-63(68)76-53-61(82-65(70)49-42-35-25-22-21-23-30-37-44-57(3)4)55-80-84(72,73)78-51-60(67)52-79-85(74,75)81-56-62(54-77-64(69)48-41-34-28-26-31-38-45-58(5)6)83-66(71)50-43-36-29-27-32-39-46-59(7)9-2/h14-17,57-62,67H,8-13,18-56H2,1-7H3,(H,72,73)(H,74,75)/b15-14-,17-16-/t59?,60-,61-,62-/m1/s1. The molecule has 0 aliphatic rings. The van der Waals surface area contributed by atoms with E-state index in [2.05, 4.69) is 72.8 Å². The Bertz CT molecular complexity index is 1780. The van der Waals surface area contributed by atoms with E-state index in [-0.39, 0.29) is 25.7 Å². The van der Waals surface area contributed by atoms with E-state index >= 15 is 0 Å². The lowest BCUT2D eigenvalue weighted by Crippen LogP contribution is -2.30. The zero-order valence-corrected chi connectivity index (χ0v) is 56.3. The summed E-state index contributed by atoms with van der Waals surface area (Å²) < 4.78 is 68.0. The number of aliphatic hydroxyl groups excluding tert-OH is 1. The van der Waals surface area contributed by atoms with E-state index in [1.807, 2.05) is 0 Å². The van der Waals surface area contributed by atoms with Gasteiger partial charge in [0.25, 0.3) is 0 Å². The van der Waals surface area contributed by atoms with Crippen LogP contribution in [0.15, 0.2) is 24.3 Å². The third kappa shape index (κ3) is 59.0. The molecule has 0 radical (unpaired) electrons. The second-order valence-electron chi connectivity index (χ2n) is 24.4. The van der Waals surface area contributed by atoms with Gasteiger partial charge in [-0.1, -0.05) is 246 Å². The van der Waals surface area contributed by atoms with Crippen molar-refractivity contribution in [2.75, 3.05) is 39.6 Å². The minimum atomic E-state index is -4.95. The Morgan fingerprint density at radius 1 is 0.388 bits per heavy atom. The molecule has 0 heterocycles. The number of ether oxygens (including phenoxy) is 4. The molecule has 0 rings (SSSR count). The van der Waals surface area contributed by atoms with Crippen molar-refractivity contribution in [3.05, 3.63) is 24.3 Å². The predicted octanol–water partition coefficient (Wildman–Crippen LogP) is 17.8. The van der Waals surface area contributed by atoms with Crippen LogP contribution >= 0.6 is 15.6 Å². The first-order valence-corrected chi connectivity index (χ1v) is 36.7.